The molecule has 1 aliphatic carbocycles. The highest BCUT2D eigenvalue weighted by Gasteiger charge is 2.49. The number of carbonyl (C=O) groups excluding carboxylic acids is 2. The molecular weight excluding hydrogens is 465 g/mol. The van der Waals surface area contributed by atoms with Gasteiger partial charge in [0.25, 0.3) is 0 Å². The van der Waals surface area contributed by atoms with E-state index in [-0.39, 0.29) is 17.8 Å². The molecule has 0 bridgehead atoms. The standard InChI is InChI=1S/C25H27F3N2O5/c1-33-19-6-2-17(3-7-19)16-29-23(32)34-20-10-12-24(13-11-20)14-15-30(22(24)31)18-4-8-21(9-5-18)35-25(26,27)28/h2-9,20H,10-16H2,1H3,(H,29,32)/t20-,24-. The zero-order valence-corrected chi connectivity index (χ0v) is 19.3. The van der Waals surface area contributed by atoms with E-state index in [1.807, 2.05) is 24.3 Å². The van der Waals surface area contributed by atoms with Gasteiger partial charge in [-0.05, 0) is 74.1 Å². The zero-order chi connectivity index (χ0) is 25.1. The number of ether oxygens (including phenoxy) is 3. The van der Waals surface area contributed by atoms with E-state index in [0.717, 1.165) is 11.3 Å². The second-order valence-electron chi connectivity index (χ2n) is 8.84. The van der Waals surface area contributed by atoms with Gasteiger partial charge in [-0.1, -0.05) is 12.1 Å². The Morgan fingerprint density at radius 3 is 2.26 bits per heavy atom. The number of hydrogen-bond donors (Lipinski definition) is 1. The minimum absolute atomic E-state index is 0.0376. The van der Waals surface area contributed by atoms with Crippen LogP contribution in [0, 0.1) is 5.41 Å². The number of nitrogens with one attached hydrogen (secondary N) is 1. The summed E-state index contributed by atoms with van der Waals surface area (Å²) in [5.74, 6) is 0.370. The van der Waals surface area contributed by atoms with Crippen LogP contribution in [0.2, 0.25) is 0 Å². The van der Waals surface area contributed by atoms with Crippen LogP contribution in [0.25, 0.3) is 0 Å². The lowest BCUT2D eigenvalue weighted by Crippen LogP contribution is -2.40. The van der Waals surface area contributed by atoms with Gasteiger partial charge >= 0.3 is 12.5 Å². The van der Waals surface area contributed by atoms with Crippen molar-refractivity contribution in [1.82, 2.24) is 5.32 Å². The van der Waals surface area contributed by atoms with Crippen LogP contribution >= 0.6 is 0 Å². The highest BCUT2D eigenvalue weighted by Crippen LogP contribution is 2.46. The number of amides is 2. The number of halogens is 3. The van der Waals surface area contributed by atoms with Crippen molar-refractivity contribution in [2.75, 3.05) is 18.6 Å². The molecule has 2 fully saturated rings. The van der Waals surface area contributed by atoms with E-state index in [4.69, 9.17) is 9.47 Å². The molecule has 2 aromatic carbocycles. The summed E-state index contributed by atoms with van der Waals surface area (Å²) in [6.07, 6.45) is -2.53. The molecule has 1 N–H and O–H groups in total. The maximum atomic E-state index is 13.2. The average molecular weight is 492 g/mol. The van der Waals surface area contributed by atoms with Crippen molar-refractivity contribution in [2.45, 2.75) is 51.1 Å². The van der Waals surface area contributed by atoms with Gasteiger partial charge in [-0.2, -0.15) is 0 Å². The second kappa shape index (κ2) is 10.1. The first-order chi connectivity index (χ1) is 16.7. The SMILES string of the molecule is COc1ccc(CNC(=O)O[C@H]2CC[C@@]3(CCN(c4ccc(OC(F)(F)F)cc4)C3=O)CC2)cc1. The van der Waals surface area contributed by atoms with E-state index in [0.29, 0.717) is 50.9 Å². The van der Waals surface area contributed by atoms with E-state index < -0.39 is 17.9 Å². The summed E-state index contributed by atoms with van der Waals surface area (Å²) in [4.78, 5) is 27.0. The third kappa shape index (κ3) is 5.98. The van der Waals surface area contributed by atoms with E-state index in [1.54, 1.807) is 12.0 Å². The van der Waals surface area contributed by atoms with Crippen molar-refractivity contribution >= 4 is 17.7 Å². The first kappa shape index (κ1) is 24.7. The molecular formula is C25H27F3N2O5. The van der Waals surface area contributed by atoms with Gasteiger partial charge in [0, 0.05) is 18.8 Å². The summed E-state index contributed by atoms with van der Waals surface area (Å²) in [5.41, 5.74) is 0.929. The Balaban J connectivity index is 1.26. The first-order valence-corrected chi connectivity index (χ1v) is 11.4. The van der Waals surface area contributed by atoms with Crippen molar-refractivity contribution in [3.8, 4) is 11.5 Å². The predicted molar refractivity (Wildman–Crippen MR) is 121 cm³/mol. The molecule has 0 atom stereocenters. The topological polar surface area (TPSA) is 77.1 Å². The number of nitrogens with zero attached hydrogens (tertiary/aromatic N) is 1. The van der Waals surface area contributed by atoms with Crippen LogP contribution < -0.4 is 19.7 Å². The van der Waals surface area contributed by atoms with Gasteiger partial charge in [0.2, 0.25) is 5.91 Å². The Hall–Kier alpha value is -3.43. The Labute approximate surface area is 201 Å². The van der Waals surface area contributed by atoms with Gasteiger partial charge in [-0.15, -0.1) is 13.2 Å². The lowest BCUT2D eigenvalue weighted by molar-refractivity contribution is -0.274. The minimum Gasteiger partial charge on any atom is -0.497 e. The second-order valence-corrected chi connectivity index (χ2v) is 8.84. The molecule has 1 saturated heterocycles. The molecule has 2 aromatic rings. The number of hydrogen-bond acceptors (Lipinski definition) is 5. The Morgan fingerprint density at radius 1 is 1.03 bits per heavy atom. The monoisotopic (exact) mass is 492 g/mol. The van der Waals surface area contributed by atoms with Gasteiger partial charge < -0.3 is 24.4 Å². The molecule has 2 amide bonds. The van der Waals surface area contributed by atoms with Crippen molar-refractivity contribution in [3.63, 3.8) is 0 Å². The smallest absolute Gasteiger partial charge is 0.497 e. The number of anilines is 1. The summed E-state index contributed by atoms with van der Waals surface area (Å²) < 4.78 is 51.7. The molecule has 35 heavy (non-hydrogen) atoms. The fraction of sp³-hybridized carbons (Fsp3) is 0.440. The molecule has 188 valence electrons. The molecule has 4 rings (SSSR count). The fourth-order valence-corrected chi connectivity index (χ4v) is 4.73. The van der Waals surface area contributed by atoms with Crippen LogP contribution in [0.4, 0.5) is 23.7 Å². The number of carbonyl (C=O) groups is 2. The number of rotatable bonds is 6. The lowest BCUT2D eigenvalue weighted by Gasteiger charge is -2.35. The summed E-state index contributed by atoms with van der Waals surface area (Å²) in [6.45, 7) is 0.825. The third-order valence-electron chi connectivity index (χ3n) is 6.65. The lowest BCUT2D eigenvalue weighted by atomic mass is 9.72. The van der Waals surface area contributed by atoms with Crippen molar-refractivity contribution in [1.29, 1.82) is 0 Å². The summed E-state index contributed by atoms with van der Waals surface area (Å²) in [7, 11) is 1.59. The zero-order valence-electron chi connectivity index (χ0n) is 19.3. The van der Waals surface area contributed by atoms with E-state index in [2.05, 4.69) is 10.1 Å². The molecule has 2 aliphatic rings. The van der Waals surface area contributed by atoms with E-state index in [9.17, 15) is 22.8 Å². The quantitative estimate of drug-likeness (QED) is 0.601. The van der Waals surface area contributed by atoms with Gasteiger partial charge in [0.15, 0.2) is 0 Å². The van der Waals surface area contributed by atoms with E-state index >= 15 is 0 Å². The number of alkyl carbamates (subject to hydrolysis) is 1. The highest BCUT2D eigenvalue weighted by molar-refractivity contribution is 6.00. The number of benzene rings is 2. The van der Waals surface area contributed by atoms with Crippen LogP contribution in [0.3, 0.4) is 0 Å². The fourth-order valence-electron chi connectivity index (χ4n) is 4.73. The molecule has 1 spiro atoms. The molecule has 10 heteroatoms. The summed E-state index contributed by atoms with van der Waals surface area (Å²) in [5, 5.41) is 2.74. The average Bonchev–Trinajstić information content (AvgIpc) is 3.15. The van der Waals surface area contributed by atoms with E-state index in [1.165, 1.54) is 24.3 Å². The highest BCUT2D eigenvalue weighted by atomic mass is 19.4. The Kier molecular flexibility index (Phi) is 7.09. The van der Waals surface area contributed by atoms with Crippen molar-refractivity contribution < 1.29 is 37.0 Å². The summed E-state index contributed by atoms with van der Waals surface area (Å²) in [6, 6.07) is 12.7. The Morgan fingerprint density at radius 2 is 1.66 bits per heavy atom. The van der Waals surface area contributed by atoms with Crippen molar-refractivity contribution in [2.24, 2.45) is 5.41 Å². The number of methoxy groups -OCH3 is 1. The molecule has 7 nitrogen and oxygen atoms in total. The maximum Gasteiger partial charge on any atom is 0.573 e. The van der Waals surface area contributed by atoms with Gasteiger partial charge in [-0.25, -0.2) is 4.79 Å². The van der Waals surface area contributed by atoms with Crippen LogP contribution in [0.15, 0.2) is 48.5 Å². The van der Waals surface area contributed by atoms with Crippen LogP contribution in [-0.4, -0.2) is 38.1 Å². The van der Waals surface area contributed by atoms with Gasteiger partial charge in [0.1, 0.15) is 17.6 Å². The predicted octanol–water partition coefficient (Wildman–Crippen LogP) is 5.19. The first-order valence-electron chi connectivity index (χ1n) is 11.4. The molecule has 1 aliphatic heterocycles. The Bertz CT molecular complexity index is 1030. The molecule has 0 radical (unpaired) electrons. The molecule has 1 saturated carbocycles. The third-order valence-corrected chi connectivity index (χ3v) is 6.65. The molecule has 0 aromatic heterocycles. The number of alkyl halides is 3. The largest absolute Gasteiger partial charge is 0.573 e. The molecule has 1 heterocycles. The maximum absolute atomic E-state index is 13.2. The normalized spacial score (nSPS) is 22.2. The van der Waals surface area contributed by atoms with Crippen LogP contribution in [0.5, 0.6) is 11.5 Å². The van der Waals surface area contributed by atoms with Crippen LogP contribution in [0.1, 0.15) is 37.7 Å². The minimum atomic E-state index is -4.76. The summed E-state index contributed by atoms with van der Waals surface area (Å²) >= 11 is 0. The van der Waals surface area contributed by atoms with Gasteiger partial charge in [0.05, 0.1) is 12.5 Å². The molecule has 0 unspecified atom stereocenters. The van der Waals surface area contributed by atoms with Gasteiger partial charge in [-0.3, -0.25) is 4.79 Å². The van der Waals surface area contributed by atoms with Crippen LogP contribution in [-0.2, 0) is 16.1 Å². The van der Waals surface area contributed by atoms with Crippen molar-refractivity contribution in [3.05, 3.63) is 54.1 Å².